The van der Waals surface area contributed by atoms with Gasteiger partial charge in [0, 0.05) is 0 Å². The molecule has 0 heterocycles. The molecule has 0 saturated carbocycles. The second-order valence-electron chi connectivity index (χ2n) is 0.366. The first-order chi connectivity index (χ1) is 2.77. The average Bonchev–Trinajstić information content (AvgIpc) is 1.35. The van der Waals surface area contributed by atoms with Crippen molar-refractivity contribution in [2.45, 2.75) is 0 Å². The van der Waals surface area contributed by atoms with Crippen LogP contribution in [0.1, 0.15) is 0 Å². The van der Waals surface area contributed by atoms with Crippen molar-refractivity contribution in [3.63, 3.8) is 0 Å². The molecule has 6 heteroatoms. The molecule has 0 aliphatic carbocycles. The molecule has 0 aliphatic heterocycles. The molecular weight excluding hydrogens is 126 g/mol. The Morgan fingerprint density at radius 2 is 2.33 bits per heavy atom. The van der Waals surface area contributed by atoms with Gasteiger partial charge >= 0.3 is 0 Å². The van der Waals surface area contributed by atoms with Gasteiger partial charge in [-0.1, -0.05) is 0 Å². The summed E-state index contributed by atoms with van der Waals surface area (Å²) in [7, 11) is 0. The summed E-state index contributed by atoms with van der Waals surface area (Å²) in [6.45, 7) is 0. The maximum absolute atomic E-state index is 9.21. The monoisotopic (exact) mass is 126 g/mol. The van der Waals surface area contributed by atoms with Crippen LogP contribution in [0, 0.1) is 0 Å². The fourth-order valence-corrected chi connectivity index (χ4v) is 0.224. The van der Waals surface area contributed by atoms with Gasteiger partial charge in [0.25, 0.3) is 0 Å². The van der Waals surface area contributed by atoms with E-state index < -0.39 is 11.3 Å². The fourth-order valence-electron chi connectivity index (χ4n) is 0.0248. The minimum Gasteiger partial charge on any atom is -0.753 e. The lowest BCUT2D eigenvalue weighted by atomic mass is 13.9. The molecule has 0 amide bonds. The summed E-state index contributed by atoms with van der Waals surface area (Å²) in [5.74, 6) is 0. The molecule has 4 nitrogen and oxygen atoms in total. The van der Waals surface area contributed by atoms with E-state index in [-0.39, 0.29) is 11.5 Å². The number of hydrogen-bond acceptors (Lipinski definition) is 3. The summed E-state index contributed by atoms with van der Waals surface area (Å²) in [4.78, 5) is 0. The van der Waals surface area contributed by atoms with Crippen LogP contribution in [0.3, 0.4) is 0 Å². The quantitative estimate of drug-likeness (QED) is 0.431. The van der Waals surface area contributed by atoms with E-state index in [1.165, 1.54) is 0 Å². The molecular formula is NO3S2-. The third-order valence-corrected chi connectivity index (χ3v) is 0.822. The first-order valence-electron chi connectivity index (χ1n) is 0.865. The lowest BCUT2D eigenvalue weighted by Gasteiger charge is -1.84. The van der Waals surface area contributed by atoms with E-state index in [0.29, 0.717) is 0 Å². The molecule has 0 spiro atoms. The standard InChI is InChI=1S/HNO3S2/c2-5-1-6(3)4/h(H,3,4)/p-1. The third kappa shape index (κ3) is 3.93. The minimum atomic E-state index is -2.54. The van der Waals surface area contributed by atoms with E-state index in [9.17, 15) is 8.76 Å². The van der Waals surface area contributed by atoms with E-state index in [4.69, 9.17) is 4.21 Å². The maximum Gasteiger partial charge on any atom is 0.213 e. The van der Waals surface area contributed by atoms with Crippen LogP contribution in [0.5, 0.6) is 0 Å². The minimum absolute atomic E-state index is 0.328. The van der Waals surface area contributed by atoms with Crippen molar-refractivity contribution in [3.05, 3.63) is 0 Å². The molecule has 0 saturated heterocycles. The zero-order valence-corrected chi connectivity index (χ0v) is 4.12. The first kappa shape index (κ1) is 5.93. The SMILES string of the molecule is O=S=NS(=O)[O-]. The summed E-state index contributed by atoms with van der Waals surface area (Å²) >= 11 is -2.87. The normalized spacial score (nSPS) is 12.8. The van der Waals surface area contributed by atoms with Gasteiger partial charge < -0.3 is 4.55 Å². The van der Waals surface area contributed by atoms with Crippen molar-refractivity contribution in [1.82, 2.24) is 0 Å². The van der Waals surface area contributed by atoms with Crippen LogP contribution >= 0.6 is 0 Å². The summed E-state index contributed by atoms with van der Waals surface area (Å²) < 4.78 is 29.9. The van der Waals surface area contributed by atoms with Crippen molar-refractivity contribution in [2.24, 2.45) is 3.77 Å². The summed E-state index contributed by atoms with van der Waals surface area (Å²) in [6.07, 6.45) is 0. The van der Waals surface area contributed by atoms with E-state index >= 15 is 0 Å². The van der Waals surface area contributed by atoms with Crippen molar-refractivity contribution < 1.29 is 13.0 Å². The molecule has 1 unspecified atom stereocenters. The van der Waals surface area contributed by atoms with Crippen molar-refractivity contribution in [2.75, 3.05) is 0 Å². The van der Waals surface area contributed by atoms with Crippen molar-refractivity contribution in [1.29, 1.82) is 0 Å². The van der Waals surface area contributed by atoms with Crippen LogP contribution in [-0.2, 0) is 22.7 Å². The Labute approximate surface area is 40.2 Å². The van der Waals surface area contributed by atoms with Gasteiger partial charge in [-0.3, -0.25) is 0 Å². The van der Waals surface area contributed by atoms with Gasteiger partial charge in [0.1, 0.15) is 0 Å². The molecule has 0 rings (SSSR count). The van der Waals surface area contributed by atoms with Crippen LogP contribution in [0.2, 0.25) is 0 Å². The fraction of sp³-hybridized carbons (Fsp3) is 0. The average molecular weight is 126 g/mol. The molecule has 6 heavy (non-hydrogen) atoms. The maximum atomic E-state index is 9.21. The Morgan fingerprint density at radius 3 is 2.33 bits per heavy atom. The molecule has 0 aromatic carbocycles. The first-order valence-corrected chi connectivity index (χ1v) is 2.60. The smallest absolute Gasteiger partial charge is 0.213 e. The molecule has 0 radical (unpaired) electrons. The van der Waals surface area contributed by atoms with Crippen LogP contribution in [0.25, 0.3) is 0 Å². The lowest BCUT2D eigenvalue weighted by Crippen LogP contribution is -1.73. The predicted molar refractivity (Wildman–Crippen MR) is 19.5 cm³/mol. The highest BCUT2D eigenvalue weighted by molar-refractivity contribution is 7.82. The highest BCUT2D eigenvalue weighted by atomic mass is 32.2. The van der Waals surface area contributed by atoms with Gasteiger partial charge in [-0.25, -0.2) is 4.21 Å². The molecule has 0 bridgehead atoms. The number of hydrogen-bond donors (Lipinski definition) is 0. The van der Waals surface area contributed by atoms with Gasteiger partial charge in [0.2, 0.25) is 11.5 Å². The Balaban J connectivity index is 3.60. The van der Waals surface area contributed by atoms with E-state index in [0.717, 1.165) is 0 Å². The van der Waals surface area contributed by atoms with Gasteiger partial charge in [-0.05, 0) is 0 Å². The van der Waals surface area contributed by atoms with Gasteiger partial charge in [0.15, 0.2) is 0 Å². The predicted octanol–water partition coefficient (Wildman–Crippen LogP) is -0.823. The Bertz CT molecular complexity index is 101. The zero-order valence-electron chi connectivity index (χ0n) is 2.49. The van der Waals surface area contributed by atoms with Crippen LogP contribution in [-0.4, -0.2) is 13.0 Å². The Kier molecular flexibility index (Phi) is 3.10. The second kappa shape index (κ2) is 3.13. The molecule has 1 atom stereocenters. The lowest BCUT2D eigenvalue weighted by molar-refractivity contribution is 0.539. The van der Waals surface area contributed by atoms with Crippen molar-refractivity contribution in [3.8, 4) is 0 Å². The van der Waals surface area contributed by atoms with E-state index in [2.05, 4.69) is 3.77 Å². The second-order valence-corrected chi connectivity index (χ2v) is 1.55. The molecule has 0 aliphatic rings. The summed E-state index contributed by atoms with van der Waals surface area (Å²) in [5.41, 5.74) is 0. The number of nitrogens with zero attached hydrogens (tertiary/aromatic N) is 1. The van der Waals surface area contributed by atoms with E-state index in [1.54, 1.807) is 0 Å². The van der Waals surface area contributed by atoms with Crippen molar-refractivity contribution >= 4 is 22.7 Å². The van der Waals surface area contributed by atoms with Gasteiger partial charge in [0.05, 0.1) is 11.3 Å². The molecule has 0 fully saturated rings. The summed E-state index contributed by atoms with van der Waals surface area (Å²) in [6, 6.07) is 0. The Hall–Kier alpha value is -0.0700. The highest BCUT2D eigenvalue weighted by Crippen LogP contribution is 1.65. The third-order valence-electron chi connectivity index (χ3n) is 0.0913. The summed E-state index contributed by atoms with van der Waals surface area (Å²) in [5, 5.41) is 0. The van der Waals surface area contributed by atoms with Crippen LogP contribution in [0.15, 0.2) is 3.77 Å². The molecule has 0 N–H and O–H groups in total. The molecule has 0 aromatic rings. The Morgan fingerprint density at radius 1 is 1.83 bits per heavy atom. The van der Waals surface area contributed by atoms with Crippen LogP contribution in [0.4, 0.5) is 0 Å². The zero-order chi connectivity index (χ0) is 4.99. The van der Waals surface area contributed by atoms with E-state index in [1.807, 2.05) is 0 Å². The van der Waals surface area contributed by atoms with Gasteiger partial charge in [-0.2, -0.15) is 4.21 Å². The number of rotatable bonds is 1. The highest BCUT2D eigenvalue weighted by Gasteiger charge is 1.59. The van der Waals surface area contributed by atoms with Crippen LogP contribution < -0.4 is 0 Å². The molecule has 0 aromatic heterocycles. The largest absolute Gasteiger partial charge is 0.753 e. The molecule has 36 valence electrons. The topological polar surface area (TPSA) is 69.6 Å². The van der Waals surface area contributed by atoms with Gasteiger partial charge in [-0.15, -0.1) is 3.77 Å².